The largest absolute Gasteiger partial charge is 0.300 e. The van der Waals surface area contributed by atoms with Crippen molar-refractivity contribution in [1.82, 2.24) is 4.90 Å². The maximum absolute atomic E-state index is 2.74. The Hall–Kier alpha value is -0.530. The molecule has 0 saturated carbocycles. The molecule has 94 valence electrons. The smallest absolute Gasteiger partial charge is 0.00957 e. The van der Waals surface area contributed by atoms with Gasteiger partial charge in [-0.25, -0.2) is 0 Å². The maximum atomic E-state index is 2.74. The lowest BCUT2D eigenvalue weighted by Gasteiger charge is -2.42. The van der Waals surface area contributed by atoms with Gasteiger partial charge in [0.15, 0.2) is 0 Å². The Morgan fingerprint density at radius 3 is 2.59 bits per heavy atom. The zero-order chi connectivity index (χ0) is 10.8. The number of rotatable bonds is 1. The SMILES string of the molecule is Cl.c1ccc(C2CCC3CCCCN3C2)cc1. The third-order valence-electron chi connectivity index (χ3n) is 4.32. The summed E-state index contributed by atoms with van der Waals surface area (Å²) in [6.45, 7) is 2.64. The van der Waals surface area contributed by atoms with E-state index in [0.717, 1.165) is 12.0 Å². The first-order chi connectivity index (χ1) is 7.93. The molecule has 1 aromatic carbocycles. The summed E-state index contributed by atoms with van der Waals surface area (Å²) < 4.78 is 0. The van der Waals surface area contributed by atoms with E-state index in [-0.39, 0.29) is 12.4 Å². The molecule has 2 aliphatic heterocycles. The van der Waals surface area contributed by atoms with Gasteiger partial charge in [-0.2, -0.15) is 0 Å². The third kappa shape index (κ3) is 2.83. The number of halogens is 1. The van der Waals surface area contributed by atoms with Crippen molar-refractivity contribution >= 4 is 12.4 Å². The zero-order valence-corrected chi connectivity index (χ0v) is 11.2. The van der Waals surface area contributed by atoms with Crippen molar-refractivity contribution in [3.63, 3.8) is 0 Å². The summed E-state index contributed by atoms with van der Waals surface area (Å²) >= 11 is 0. The van der Waals surface area contributed by atoms with Crippen LogP contribution in [0.15, 0.2) is 30.3 Å². The van der Waals surface area contributed by atoms with Gasteiger partial charge in [0.25, 0.3) is 0 Å². The molecule has 2 heterocycles. The van der Waals surface area contributed by atoms with Crippen molar-refractivity contribution in [2.24, 2.45) is 0 Å². The van der Waals surface area contributed by atoms with Gasteiger partial charge in [0, 0.05) is 12.6 Å². The molecule has 2 aliphatic rings. The lowest BCUT2D eigenvalue weighted by atomic mass is 9.84. The van der Waals surface area contributed by atoms with Gasteiger partial charge in [0.2, 0.25) is 0 Å². The summed E-state index contributed by atoms with van der Waals surface area (Å²) in [6.07, 6.45) is 7.13. The summed E-state index contributed by atoms with van der Waals surface area (Å²) in [5.74, 6) is 0.788. The highest BCUT2D eigenvalue weighted by Crippen LogP contribution is 2.33. The van der Waals surface area contributed by atoms with Crippen LogP contribution in [0.2, 0.25) is 0 Å². The standard InChI is InChI=1S/C15H21N.ClH/c1-2-6-13(7-3-1)14-9-10-15-8-4-5-11-16(15)12-14;/h1-3,6-7,14-15H,4-5,8-12H2;1H. The number of benzene rings is 1. The van der Waals surface area contributed by atoms with Crippen LogP contribution in [0, 0.1) is 0 Å². The van der Waals surface area contributed by atoms with Crippen LogP contribution in [-0.2, 0) is 0 Å². The van der Waals surface area contributed by atoms with E-state index < -0.39 is 0 Å². The lowest BCUT2D eigenvalue weighted by Crippen LogP contribution is -2.45. The van der Waals surface area contributed by atoms with E-state index in [1.165, 1.54) is 45.2 Å². The highest BCUT2D eigenvalue weighted by Gasteiger charge is 2.30. The Labute approximate surface area is 111 Å². The number of hydrogen-bond acceptors (Lipinski definition) is 1. The molecule has 2 unspecified atom stereocenters. The minimum atomic E-state index is 0. The van der Waals surface area contributed by atoms with Gasteiger partial charge in [-0.1, -0.05) is 36.8 Å². The van der Waals surface area contributed by atoms with Crippen molar-refractivity contribution < 1.29 is 0 Å². The van der Waals surface area contributed by atoms with Gasteiger partial charge >= 0.3 is 0 Å². The molecular formula is C15H22ClN. The van der Waals surface area contributed by atoms with Crippen LogP contribution in [0.4, 0.5) is 0 Å². The van der Waals surface area contributed by atoms with Gasteiger partial charge in [0.1, 0.15) is 0 Å². The molecule has 0 aromatic heterocycles. The predicted octanol–water partition coefficient (Wildman–Crippen LogP) is 3.84. The molecule has 0 radical (unpaired) electrons. The second kappa shape index (κ2) is 5.88. The van der Waals surface area contributed by atoms with Crippen LogP contribution in [0.3, 0.4) is 0 Å². The zero-order valence-electron chi connectivity index (χ0n) is 10.3. The summed E-state index contributed by atoms with van der Waals surface area (Å²) in [4.78, 5) is 2.74. The first-order valence-corrected chi connectivity index (χ1v) is 6.72. The number of piperidine rings is 2. The van der Waals surface area contributed by atoms with Crippen LogP contribution in [-0.4, -0.2) is 24.0 Å². The molecular weight excluding hydrogens is 230 g/mol. The highest BCUT2D eigenvalue weighted by molar-refractivity contribution is 5.85. The predicted molar refractivity (Wildman–Crippen MR) is 74.9 cm³/mol. The van der Waals surface area contributed by atoms with Gasteiger partial charge in [-0.05, 0) is 43.7 Å². The Bertz CT molecular complexity index is 338. The summed E-state index contributed by atoms with van der Waals surface area (Å²) in [7, 11) is 0. The fourth-order valence-corrected chi connectivity index (χ4v) is 3.39. The second-order valence-corrected chi connectivity index (χ2v) is 5.33. The number of fused-ring (bicyclic) bond motifs is 1. The molecule has 3 rings (SSSR count). The second-order valence-electron chi connectivity index (χ2n) is 5.33. The van der Waals surface area contributed by atoms with E-state index in [1.807, 2.05) is 0 Å². The van der Waals surface area contributed by atoms with Crippen molar-refractivity contribution in [2.45, 2.75) is 44.1 Å². The van der Waals surface area contributed by atoms with Crippen LogP contribution in [0.25, 0.3) is 0 Å². The average molecular weight is 252 g/mol. The van der Waals surface area contributed by atoms with E-state index in [1.54, 1.807) is 5.56 Å². The Morgan fingerprint density at radius 1 is 0.941 bits per heavy atom. The number of hydrogen-bond donors (Lipinski definition) is 0. The normalized spacial score (nSPS) is 29.2. The van der Waals surface area contributed by atoms with Crippen LogP contribution < -0.4 is 0 Å². The van der Waals surface area contributed by atoms with Gasteiger partial charge in [0.05, 0.1) is 0 Å². The topological polar surface area (TPSA) is 3.24 Å². The van der Waals surface area contributed by atoms with E-state index in [4.69, 9.17) is 0 Å². The molecule has 2 fully saturated rings. The maximum Gasteiger partial charge on any atom is 0.00957 e. The molecule has 0 amide bonds. The molecule has 2 saturated heterocycles. The van der Waals surface area contributed by atoms with E-state index in [2.05, 4.69) is 35.2 Å². The van der Waals surface area contributed by atoms with Gasteiger partial charge in [-0.3, -0.25) is 4.90 Å². The first kappa shape index (κ1) is 12.9. The molecule has 2 heteroatoms. The van der Waals surface area contributed by atoms with Crippen molar-refractivity contribution in [2.75, 3.05) is 13.1 Å². The highest BCUT2D eigenvalue weighted by atomic mass is 35.5. The minimum absolute atomic E-state index is 0. The fraction of sp³-hybridized carbons (Fsp3) is 0.600. The molecule has 1 aromatic rings. The molecule has 0 N–H and O–H groups in total. The quantitative estimate of drug-likeness (QED) is 0.733. The first-order valence-electron chi connectivity index (χ1n) is 6.72. The van der Waals surface area contributed by atoms with Gasteiger partial charge in [-0.15, -0.1) is 12.4 Å². The Balaban J connectivity index is 0.00000108. The molecule has 17 heavy (non-hydrogen) atoms. The molecule has 0 bridgehead atoms. The van der Waals surface area contributed by atoms with Crippen molar-refractivity contribution in [3.8, 4) is 0 Å². The minimum Gasteiger partial charge on any atom is -0.300 e. The van der Waals surface area contributed by atoms with Crippen LogP contribution >= 0.6 is 12.4 Å². The number of nitrogens with zero attached hydrogens (tertiary/aromatic N) is 1. The Morgan fingerprint density at radius 2 is 1.76 bits per heavy atom. The van der Waals surface area contributed by atoms with E-state index in [0.29, 0.717) is 0 Å². The van der Waals surface area contributed by atoms with Crippen molar-refractivity contribution in [3.05, 3.63) is 35.9 Å². The third-order valence-corrected chi connectivity index (χ3v) is 4.32. The Kier molecular flexibility index (Phi) is 4.47. The van der Waals surface area contributed by atoms with E-state index >= 15 is 0 Å². The molecule has 1 nitrogen and oxygen atoms in total. The summed E-state index contributed by atoms with van der Waals surface area (Å²) in [5, 5.41) is 0. The summed E-state index contributed by atoms with van der Waals surface area (Å²) in [6, 6.07) is 12.0. The van der Waals surface area contributed by atoms with Gasteiger partial charge < -0.3 is 0 Å². The average Bonchev–Trinajstić information content (AvgIpc) is 2.39. The molecule has 2 atom stereocenters. The van der Waals surface area contributed by atoms with Crippen LogP contribution in [0.5, 0.6) is 0 Å². The summed E-state index contributed by atoms with van der Waals surface area (Å²) in [5.41, 5.74) is 1.55. The monoisotopic (exact) mass is 251 g/mol. The molecule has 0 aliphatic carbocycles. The fourth-order valence-electron chi connectivity index (χ4n) is 3.39. The van der Waals surface area contributed by atoms with Crippen molar-refractivity contribution in [1.29, 1.82) is 0 Å². The molecule has 0 spiro atoms. The van der Waals surface area contributed by atoms with E-state index in [9.17, 15) is 0 Å². The lowest BCUT2D eigenvalue weighted by molar-refractivity contribution is 0.0959. The van der Waals surface area contributed by atoms with Crippen LogP contribution in [0.1, 0.15) is 43.6 Å².